The first-order chi connectivity index (χ1) is 55.3. The Balaban J connectivity index is 1.10. The summed E-state index contributed by atoms with van der Waals surface area (Å²) in [6, 6.07) is 17.2. The van der Waals surface area contributed by atoms with Crippen molar-refractivity contribution in [3.63, 3.8) is 0 Å². The number of aliphatic hydroxyl groups excluding tert-OH is 1. The molecule has 2 aliphatic rings. The van der Waals surface area contributed by atoms with E-state index in [0.717, 1.165) is 10.8 Å². The van der Waals surface area contributed by atoms with Crippen LogP contribution >= 0.6 is 11.6 Å². The lowest BCUT2D eigenvalue weighted by Gasteiger charge is -2.31. The van der Waals surface area contributed by atoms with Crippen molar-refractivity contribution in [2.24, 2.45) is 17.4 Å². The molecule has 3 heterocycles. The van der Waals surface area contributed by atoms with Crippen LogP contribution in [-0.4, -0.2) is 196 Å². The first-order valence-electron chi connectivity index (χ1n) is 38.2. The number of nitrogens with one attached hydrogen (secondary N) is 14. The third-order valence-electron chi connectivity index (χ3n) is 19.2. The second kappa shape index (κ2) is 43.2. The van der Waals surface area contributed by atoms with Gasteiger partial charge in [-0.15, -0.1) is 0 Å². The number of carbonyl (C=O) groups excluding carboxylic acids is 15. The van der Waals surface area contributed by atoms with Crippen LogP contribution in [0.1, 0.15) is 108 Å². The van der Waals surface area contributed by atoms with Crippen molar-refractivity contribution >= 4 is 123 Å². The minimum atomic E-state index is -1.92. The lowest BCUT2D eigenvalue weighted by atomic mass is 9.99. The number of hydrogen-bond acceptors (Lipinski definition) is 18. The van der Waals surface area contributed by atoms with Crippen molar-refractivity contribution in [2.45, 2.75) is 185 Å². The van der Waals surface area contributed by atoms with Gasteiger partial charge in [-0.2, -0.15) is 0 Å². The fourth-order valence-corrected chi connectivity index (χ4v) is 13.3. The number of imide groups is 1. The zero-order chi connectivity index (χ0) is 84.3. The number of benzene rings is 5. The van der Waals surface area contributed by atoms with Gasteiger partial charge in [0.2, 0.25) is 76.8 Å². The van der Waals surface area contributed by atoms with E-state index < -0.39 is 168 Å². The molecule has 6 aromatic rings. The number of carbonyl (C=O) groups is 15. The molecule has 0 saturated carbocycles. The third kappa shape index (κ3) is 27.7. The smallest absolute Gasteiger partial charge is 0.322 e. The van der Waals surface area contributed by atoms with Gasteiger partial charge in [0, 0.05) is 80.4 Å². The average Bonchev–Trinajstić information content (AvgIpc) is 1.47. The number of pyridine rings is 1. The highest BCUT2D eigenvalue weighted by atomic mass is 35.5. The summed E-state index contributed by atoms with van der Waals surface area (Å²) in [6.45, 7) is 9.50. The topological polar surface area (TPSA) is 513 Å². The Labute approximate surface area is 675 Å². The van der Waals surface area contributed by atoms with Crippen LogP contribution in [0, 0.1) is 5.92 Å². The standard InChI is InChI=1S/C81H101ClN18O16/c1-44(2)34-59(71(106)91-58(15-10-32-86-45(3)4)79(114)100-33-11-16-67(100)78(113)87-46(5)69(83)104)92-73(108)62(37-50-22-29-57(30-23-50)90-80(84)115)94-75(110)63(38-49-20-27-56(28-21-49)89-70(105)65-41-68(103)99-81(116)98-65)96-77(112)66(43-101)97-76(111)64(40-52-12-9-31-85-42-52)95-74(109)61(36-48-18-25-55(82)26-19-48)93-72(107)60(88-47(6)102)39-51-17-24-53-13-7-8-14-54(53)35-51/h7-9,12-14,17-31,35,42,44-46,58-67,86,101H,10-11,15-16,32-34,36-41,43H2,1-6H3,(H2,83,104)(H,87,113)(H,88,102)(H,89,105)(H,91,106)(H,92,108)(H,93,107)(H,94,110)(H,95,109)(H,96,112)(H,97,111)(H3,84,90,115)(H2,98,99,103,116)/t46-,58+,59+,60-,61-,62-,63+,64-,65+,66+,67+/m1/s1. The predicted molar refractivity (Wildman–Crippen MR) is 430 cm³/mol. The number of nitrogens with zero attached hydrogens (tertiary/aromatic N) is 2. The van der Waals surface area contributed by atoms with Crippen molar-refractivity contribution in [1.29, 1.82) is 0 Å². The third-order valence-corrected chi connectivity index (χ3v) is 19.5. The molecule has 11 atom stereocenters. The number of rotatable bonds is 40. The van der Waals surface area contributed by atoms with Gasteiger partial charge >= 0.3 is 12.1 Å². The van der Waals surface area contributed by atoms with Crippen molar-refractivity contribution in [3.05, 3.63) is 173 Å². The van der Waals surface area contributed by atoms with Gasteiger partial charge in [0.15, 0.2) is 0 Å². The molecule has 2 aliphatic heterocycles. The number of anilines is 2. The van der Waals surface area contributed by atoms with Crippen molar-refractivity contribution in [2.75, 3.05) is 30.3 Å². The van der Waals surface area contributed by atoms with Gasteiger partial charge in [0.25, 0.3) is 0 Å². The maximum atomic E-state index is 15.4. The molecule has 0 spiro atoms. The summed E-state index contributed by atoms with van der Waals surface area (Å²) >= 11 is 6.27. The fraction of sp³-hybridized carbons (Fsp3) is 0.407. The van der Waals surface area contributed by atoms with E-state index in [4.69, 9.17) is 23.1 Å². The zero-order valence-electron chi connectivity index (χ0n) is 65.2. The SMILES string of the molecule is CC(=O)N[C@H](Cc1ccc2ccccc2c1)C(=O)N[C@H](Cc1ccc(Cl)cc1)C(=O)N[C@H](Cc1cccnc1)C(=O)N[C@@H](CO)C(=O)N[C@@H](Cc1ccc(NC(=O)[C@@H]2CC(=O)NC(=O)N2)cc1)C(=O)N[C@H](Cc1ccc(NC(N)=O)cc1)C(=O)N[C@@H](CC(C)C)C(=O)N[C@@H](CCCNC(C)C)C(=O)N1CCC[C@H]1C(=O)N[C@H](C)C(N)=O. The lowest BCUT2D eigenvalue weighted by Crippen LogP contribution is -2.62. The number of fused-ring (bicyclic) bond motifs is 1. The van der Waals surface area contributed by atoms with Crippen LogP contribution in [-0.2, 0) is 94.4 Å². The molecule has 34 nitrogen and oxygen atoms in total. The van der Waals surface area contributed by atoms with E-state index in [9.17, 15) is 67.4 Å². The van der Waals surface area contributed by atoms with E-state index in [2.05, 4.69) is 74.1 Å². The Kier molecular flexibility index (Phi) is 33.2. The van der Waals surface area contributed by atoms with E-state index in [-0.39, 0.29) is 86.8 Å². The van der Waals surface area contributed by atoms with Gasteiger partial charge in [-0.3, -0.25) is 72.6 Å². The highest BCUT2D eigenvalue weighted by Gasteiger charge is 2.41. The Morgan fingerprint density at radius 3 is 1.53 bits per heavy atom. The van der Waals surface area contributed by atoms with Crippen LogP contribution in [0.2, 0.25) is 5.02 Å². The predicted octanol–water partition coefficient (Wildman–Crippen LogP) is 1.12. The molecule has 2 saturated heterocycles. The lowest BCUT2D eigenvalue weighted by molar-refractivity contribution is -0.142. The summed E-state index contributed by atoms with van der Waals surface area (Å²) in [5, 5.41) is 50.3. The second-order valence-corrected chi connectivity index (χ2v) is 29.8. The van der Waals surface area contributed by atoms with Crippen LogP contribution in [0.15, 0.2) is 140 Å². The highest BCUT2D eigenvalue weighted by molar-refractivity contribution is 6.30. The number of nitrogens with two attached hydrogens (primary N) is 2. The van der Waals surface area contributed by atoms with Crippen molar-refractivity contribution < 1.29 is 77.0 Å². The molecular weight excluding hydrogens is 1520 g/mol. The van der Waals surface area contributed by atoms with Crippen LogP contribution in [0.5, 0.6) is 0 Å². The number of primary amides is 2. The Morgan fingerprint density at radius 2 is 1.03 bits per heavy atom. The van der Waals surface area contributed by atoms with Gasteiger partial charge in [-0.1, -0.05) is 124 Å². The number of likely N-dealkylation sites (tertiary alicyclic amines) is 1. The molecule has 0 aliphatic carbocycles. The number of amides is 17. The van der Waals surface area contributed by atoms with Crippen LogP contribution in [0.25, 0.3) is 10.8 Å². The van der Waals surface area contributed by atoms with E-state index in [1.54, 1.807) is 50.2 Å². The summed E-state index contributed by atoms with van der Waals surface area (Å²) < 4.78 is 0. The normalized spacial score (nSPS) is 16.2. The zero-order valence-corrected chi connectivity index (χ0v) is 65.9. The van der Waals surface area contributed by atoms with Gasteiger partial charge in [-0.05, 0) is 133 Å². The summed E-state index contributed by atoms with van der Waals surface area (Å²) in [5.41, 5.74) is 13.5. The number of halogens is 1. The van der Waals surface area contributed by atoms with Crippen LogP contribution < -0.4 is 85.9 Å². The molecule has 0 bridgehead atoms. The van der Waals surface area contributed by atoms with E-state index in [1.165, 1.54) is 79.7 Å². The molecule has 0 radical (unpaired) electrons. The highest BCUT2D eigenvalue weighted by Crippen LogP contribution is 2.23. The van der Waals surface area contributed by atoms with Gasteiger partial charge in [0.05, 0.1) is 13.0 Å². The molecule has 0 unspecified atom stereocenters. The fourth-order valence-electron chi connectivity index (χ4n) is 13.2. The number of aliphatic hydroxyl groups is 1. The van der Waals surface area contributed by atoms with E-state index >= 15 is 9.59 Å². The maximum absolute atomic E-state index is 15.4. The Bertz CT molecular complexity index is 4500. The number of aromatic nitrogens is 1. The maximum Gasteiger partial charge on any atom is 0.322 e. The quantitative estimate of drug-likeness (QED) is 0.0240. The minimum Gasteiger partial charge on any atom is -0.394 e. The summed E-state index contributed by atoms with van der Waals surface area (Å²) in [4.78, 5) is 213. The first kappa shape index (κ1) is 89.1. The van der Waals surface area contributed by atoms with E-state index in [1.807, 2.05) is 61.6 Å². The molecule has 116 heavy (non-hydrogen) atoms. The second-order valence-electron chi connectivity index (χ2n) is 29.4. The monoisotopic (exact) mass is 1620 g/mol. The number of urea groups is 2. The van der Waals surface area contributed by atoms with Crippen molar-refractivity contribution in [3.8, 4) is 0 Å². The summed E-state index contributed by atoms with van der Waals surface area (Å²) in [5.74, 6) is -11.0. The van der Waals surface area contributed by atoms with Crippen LogP contribution in [0.4, 0.5) is 21.0 Å². The van der Waals surface area contributed by atoms with Gasteiger partial charge in [0.1, 0.15) is 66.5 Å². The van der Waals surface area contributed by atoms with Gasteiger partial charge in [-0.25, -0.2) is 9.59 Å². The van der Waals surface area contributed by atoms with Crippen LogP contribution in [0.3, 0.4) is 0 Å². The summed E-state index contributed by atoms with van der Waals surface area (Å²) in [6.07, 6.45) is 2.35. The molecule has 17 amide bonds. The largest absolute Gasteiger partial charge is 0.394 e. The number of hydrogen-bond donors (Lipinski definition) is 17. The summed E-state index contributed by atoms with van der Waals surface area (Å²) in [7, 11) is 0. The molecule has 8 rings (SSSR count). The molecule has 618 valence electrons. The molecule has 19 N–H and O–H groups in total. The molecule has 35 heteroatoms. The molecule has 1 aromatic heterocycles. The molecule has 5 aromatic carbocycles. The Morgan fingerprint density at radius 1 is 0.543 bits per heavy atom. The molecular formula is C81H101ClN18O16. The van der Waals surface area contributed by atoms with E-state index in [0.29, 0.717) is 46.7 Å². The first-order valence-corrected chi connectivity index (χ1v) is 38.6. The Hall–Kier alpha value is -12.4. The molecule has 2 fully saturated rings. The van der Waals surface area contributed by atoms with Gasteiger partial charge < -0.3 is 90.6 Å². The average molecular weight is 1620 g/mol. The van der Waals surface area contributed by atoms with Crippen molar-refractivity contribution in [1.82, 2.24) is 73.7 Å². The minimum absolute atomic E-state index is 0.00394.